The van der Waals surface area contributed by atoms with Gasteiger partial charge in [-0.05, 0) is 25.7 Å². The summed E-state index contributed by atoms with van der Waals surface area (Å²) in [6.07, 6.45) is 1.20. The molecule has 0 rings (SSSR count). The van der Waals surface area contributed by atoms with Crippen molar-refractivity contribution in [3.8, 4) is 0 Å². The average Bonchev–Trinajstić information content (AvgIpc) is 1.81. The van der Waals surface area contributed by atoms with E-state index in [0.717, 1.165) is 0 Å². The molecule has 2 heteroatoms. The van der Waals surface area contributed by atoms with Crippen LogP contribution in [-0.2, 0) is 9.59 Å². The van der Waals surface area contributed by atoms with Crippen LogP contribution in [0.3, 0.4) is 0 Å². The van der Waals surface area contributed by atoms with E-state index in [9.17, 15) is 9.59 Å². The first-order valence-corrected chi connectivity index (χ1v) is 4.75. The molecule has 0 aliphatic heterocycles. The minimum atomic E-state index is -0.0265. The number of carbonyl (C=O) groups excluding carboxylic acids is 2. The highest BCUT2D eigenvalue weighted by Crippen LogP contribution is 2.30. The molecule has 0 saturated heterocycles. The average molecular weight is 184 g/mol. The Bertz CT molecular complexity index is 199. The van der Waals surface area contributed by atoms with Crippen molar-refractivity contribution in [2.75, 3.05) is 0 Å². The summed E-state index contributed by atoms with van der Waals surface area (Å²) in [5.74, 6) is 0.362. The Morgan fingerprint density at radius 2 is 1.62 bits per heavy atom. The maximum Gasteiger partial charge on any atom is 0.133 e. The minimum Gasteiger partial charge on any atom is -0.300 e. The summed E-state index contributed by atoms with van der Waals surface area (Å²) in [6.45, 7) is 9.30. The molecule has 0 aromatic carbocycles. The van der Waals surface area contributed by atoms with Crippen LogP contribution in [0.25, 0.3) is 0 Å². The number of Topliss-reactive ketones (excluding diaryl/α,β-unsaturated/α-hetero) is 2. The van der Waals surface area contributed by atoms with E-state index in [0.29, 0.717) is 12.8 Å². The lowest BCUT2D eigenvalue weighted by Gasteiger charge is -2.28. The second kappa shape index (κ2) is 4.54. The van der Waals surface area contributed by atoms with E-state index in [-0.39, 0.29) is 22.9 Å². The number of ketones is 2. The lowest BCUT2D eigenvalue weighted by atomic mass is 9.76. The molecule has 0 radical (unpaired) electrons. The molecule has 0 unspecified atom stereocenters. The van der Waals surface area contributed by atoms with Crippen molar-refractivity contribution >= 4 is 11.6 Å². The molecule has 0 aliphatic carbocycles. The standard InChI is InChI=1S/C11H20O2/c1-8(12)6-7-10(9(2)13)11(3,4)5/h10H,6-7H2,1-5H3/t10-/m1/s1. The van der Waals surface area contributed by atoms with Crippen molar-refractivity contribution in [2.45, 2.75) is 47.5 Å². The first-order chi connectivity index (χ1) is 5.75. The molecule has 0 heterocycles. The highest BCUT2D eigenvalue weighted by molar-refractivity contribution is 5.80. The van der Waals surface area contributed by atoms with Crippen LogP contribution in [0.15, 0.2) is 0 Å². The molecule has 2 nitrogen and oxygen atoms in total. The molecule has 13 heavy (non-hydrogen) atoms. The molecule has 1 atom stereocenters. The predicted molar refractivity (Wildman–Crippen MR) is 53.5 cm³/mol. The van der Waals surface area contributed by atoms with Crippen molar-refractivity contribution in [3.05, 3.63) is 0 Å². The topological polar surface area (TPSA) is 34.1 Å². The maximum absolute atomic E-state index is 11.3. The van der Waals surface area contributed by atoms with Crippen molar-refractivity contribution in [1.29, 1.82) is 0 Å². The smallest absolute Gasteiger partial charge is 0.133 e. The highest BCUT2D eigenvalue weighted by atomic mass is 16.1. The van der Waals surface area contributed by atoms with Gasteiger partial charge in [0.2, 0.25) is 0 Å². The molecule has 0 aromatic rings. The van der Waals surface area contributed by atoms with E-state index in [2.05, 4.69) is 0 Å². The molecule has 0 spiro atoms. The second-order valence-electron chi connectivity index (χ2n) is 4.77. The molecule has 76 valence electrons. The molecular weight excluding hydrogens is 164 g/mol. The van der Waals surface area contributed by atoms with Gasteiger partial charge in [-0.3, -0.25) is 4.79 Å². The van der Waals surface area contributed by atoms with Crippen LogP contribution < -0.4 is 0 Å². The lowest BCUT2D eigenvalue weighted by molar-refractivity contribution is -0.124. The minimum absolute atomic E-state index is 0.0106. The summed E-state index contributed by atoms with van der Waals surface area (Å²) in [5.41, 5.74) is -0.0265. The summed E-state index contributed by atoms with van der Waals surface area (Å²) >= 11 is 0. The second-order valence-corrected chi connectivity index (χ2v) is 4.77. The van der Waals surface area contributed by atoms with Gasteiger partial charge in [-0.15, -0.1) is 0 Å². The van der Waals surface area contributed by atoms with Gasteiger partial charge in [0.25, 0.3) is 0 Å². The summed E-state index contributed by atoms with van der Waals surface area (Å²) in [6, 6.07) is 0. The summed E-state index contributed by atoms with van der Waals surface area (Å²) in [5, 5.41) is 0. The van der Waals surface area contributed by atoms with Gasteiger partial charge in [0.05, 0.1) is 0 Å². The third-order valence-corrected chi connectivity index (χ3v) is 2.32. The fourth-order valence-electron chi connectivity index (χ4n) is 1.59. The largest absolute Gasteiger partial charge is 0.300 e. The SMILES string of the molecule is CC(=O)CC[C@H](C(C)=O)C(C)(C)C. The zero-order chi connectivity index (χ0) is 10.6. The van der Waals surface area contributed by atoms with Crippen LogP contribution in [0.5, 0.6) is 0 Å². The quantitative estimate of drug-likeness (QED) is 0.673. The maximum atomic E-state index is 11.3. The van der Waals surface area contributed by atoms with Gasteiger partial charge >= 0.3 is 0 Å². The van der Waals surface area contributed by atoms with Gasteiger partial charge in [0.15, 0.2) is 0 Å². The molecule has 0 aliphatic rings. The number of carbonyl (C=O) groups is 2. The Morgan fingerprint density at radius 1 is 1.15 bits per heavy atom. The fraction of sp³-hybridized carbons (Fsp3) is 0.818. The molecule has 0 fully saturated rings. The molecule has 0 N–H and O–H groups in total. The third kappa shape index (κ3) is 4.81. The predicted octanol–water partition coefficient (Wildman–Crippen LogP) is 2.61. The van der Waals surface area contributed by atoms with E-state index >= 15 is 0 Å². The molecule has 0 aromatic heterocycles. The van der Waals surface area contributed by atoms with Crippen LogP contribution in [-0.4, -0.2) is 11.6 Å². The Balaban J connectivity index is 4.28. The summed E-state index contributed by atoms with van der Waals surface area (Å²) in [7, 11) is 0. The Morgan fingerprint density at radius 3 is 1.85 bits per heavy atom. The third-order valence-electron chi connectivity index (χ3n) is 2.32. The highest BCUT2D eigenvalue weighted by Gasteiger charge is 2.28. The van der Waals surface area contributed by atoms with Gasteiger partial charge < -0.3 is 4.79 Å². The first-order valence-electron chi connectivity index (χ1n) is 4.75. The molecular formula is C11H20O2. The van der Waals surface area contributed by atoms with Crippen LogP contribution >= 0.6 is 0 Å². The first kappa shape index (κ1) is 12.3. The van der Waals surface area contributed by atoms with Crippen LogP contribution in [0.1, 0.15) is 47.5 Å². The van der Waals surface area contributed by atoms with E-state index in [1.54, 1.807) is 13.8 Å². The van der Waals surface area contributed by atoms with Crippen LogP contribution in [0.2, 0.25) is 0 Å². The fourth-order valence-corrected chi connectivity index (χ4v) is 1.59. The van der Waals surface area contributed by atoms with Gasteiger partial charge in [0.1, 0.15) is 11.6 Å². The zero-order valence-electron chi connectivity index (χ0n) is 9.31. The Labute approximate surface area is 80.7 Å². The van der Waals surface area contributed by atoms with Crippen molar-refractivity contribution < 1.29 is 9.59 Å². The van der Waals surface area contributed by atoms with E-state index < -0.39 is 0 Å². The number of hydrogen-bond donors (Lipinski definition) is 0. The van der Waals surface area contributed by atoms with E-state index in [1.165, 1.54) is 0 Å². The molecule has 0 amide bonds. The normalized spacial score (nSPS) is 13.9. The van der Waals surface area contributed by atoms with Crippen molar-refractivity contribution in [3.63, 3.8) is 0 Å². The van der Waals surface area contributed by atoms with Crippen molar-refractivity contribution in [2.24, 2.45) is 11.3 Å². The zero-order valence-corrected chi connectivity index (χ0v) is 9.31. The van der Waals surface area contributed by atoms with Crippen molar-refractivity contribution in [1.82, 2.24) is 0 Å². The van der Waals surface area contributed by atoms with Crippen LogP contribution in [0, 0.1) is 11.3 Å². The summed E-state index contributed by atoms with van der Waals surface area (Å²) in [4.78, 5) is 22.1. The van der Waals surface area contributed by atoms with E-state index in [4.69, 9.17) is 0 Å². The number of hydrogen-bond acceptors (Lipinski definition) is 2. The van der Waals surface area contributed by atoms with Gasteiger partial charge in [0, 0.05) is 12.3 Å². The monoisotopic (exact) mass is 184 g/mol. The Hall–Kier alpha value is -0.660. The lowest BCUT2D eigenvalue weighted by Crippen LogP contribution is -2.27. The van der Waals surface area contributed by atoms with Gasteiger partial charge in [-0.2, -0.15) is 0 Å². The van der Waals surface area contributed by atoms with E-state index in [1.807, 2.05) is 20.8 Å². The Kier molecular flexibility index (Phi) is 4.31. The van der Waals surface area contributed by atoms with Gasteiger partial charge in [-0.25, -0.2) is 0 Å². The molecule has 0 bridgehead atoms. The van der Waals surface area contributed by atoms with Gasteiger partial charge in [-0.1, -0.05) is 20.8 Å². The summed E-state index contributed by atoms with van der Waals surface area (Å²) < 4.78 is 0. The molecule has 0 saturated carbocycles. The van der Waals surface area contributed by atoms with Crippen LogP contribution in [0.4, 0.5) is 0 Å². The number of rotatable bonds is 4.